The van der Waals surface area contributed by atoms with Crippen molar-refractivity contribution in [2.24, 2.45) is 0 Å². The van der Waals surface area contributed by atoms with E-state index in [9.17, 15) is 46.0 Å². The molecular formula is C18H11F7N2O4S2. The van der Waals surface area contributed by atoms with Gasteiger partial charge in [-0.2, -0.15) is 26.3 Å². The number of nitro groups is 1. The zero-order valence-electron chi connectivity index (χ0n) is 15.8. The Bertz CT molecular complexity index is 1130. The average molecular weight is 516 g/mol. The lowest BCUT2D eigenvalue weighted by Crippen LogP contribution is -2.24. The molecule has 0 bridgehead atoms. The van der Waals surface area contributed by atoms with Crippen LogP contribution in [-0.2, 0) is 6.18 Å². The van der Waals surface area contributed by atoms with Crippen molar-refractivity contribution in [3.63, 3.8) is 0 Å². The van der Waals surface area contributed by atoms with Crippen LogP contribution in [0.25, 0.3) is 0 Å². The molecule has 0 aliphatic heterocycles. The molecule has 1 atom stereocenters. The molecule has 0 spiro atoms. The summed E-state index contributed by atoms with van der Waals surface area (Å²) in [6.45, 7) is 0. The molecule has 0 radical (unpaired) electrons. The number of halogens is 7. The Labute approximate surface area is 188 Å². The summed E-state index contributed by atoms with van der Waals surface area (Å²) in [5.74, 6) is -2.23. The SMILES string of the molecule is O=[N+]([O-])c1cc(SNc2ccc(C(F)(F)F)c(O)c2)sc1OC1C=C(F)C=C(C(F)(F)F)C1. The van der Waals surface area contributed by atoms with Gasteiger partial charge in [0.1, 0.15) is 17.7 Å². The molecule has 2 N–H and O–H groups in total. The van der Waals surface area contributed by atoms with Gasteiger partial charge in [0.25, 0.3) is 5.06 Å². The number of hydrogen-bond acceptors (Lipinski definition) is 7. The predicted molar refractivity (Wildman–Crippen MR) is 106 cm³/mol. The molecule has 33 heavy (non-hydrogen) atoms. The number of alkyl halides is 6. The highest BCUT2D eigenvalue weighted by molar-refractivity contribution is 8.02. The molecule has 1 aliphatic rings. The first-order chi connectivity index (χ1) is 15.2. The molecule has 1 unspecified atom stereocenters. The van der Waals surface area contributed by atoms with Gasteiger partial charge in [0.15, 0.2) is 0 Å². The van der Waals surface area contributed by atoms with Crippen molar-refractivity contribution in [3.8, 4) is 10.8 Å². The Morgan fingerprint density at radius 3 is 2.45 bits per heavy atom. The van der Waals surface area contributed by atoms with Crippen LogP contribution in [0.15, 0.2) is 52.0 Å². The van der Waals surface area contributed by atoms with Gasteiger partial charge >= 0.3 is 18.0 Å². The van der Waals surface area contributed by atoms with Crippen LogP contribution in [0.5, 0.6) is 10.8 Å². The molecule has 6 nitrogen and oxygen atoms in total. The summed E-state index contributed by atoms with van der Waals surface area (Å²) in [4.78, 5) is 10.5. The van der Waals surface area contributed by atoms with Gasteiger partial charge < -0.3 is 14.6 Å². The van der Waals surface area contributed by atoms with Crippen LogP contribution in [-0.4, -0.2) is 22.3 Å². The van der Waals surface area contributed by atoms with Crippen LogP contribution in [0, 0.1) is 10.1 Å². The van der Waals surface area contributed by atoms with Crippen LogP contribution in [0.2, 0.25) is 0 Å². The minimum absolute atomic E-state index is 0.0428. The summed E-state index contributed by atoms with van der Waals surface area (Å²) in [7, 11) is 0. The normalized spacial score (nSPS) is 16.8. The Morgan fingerprint density at radius 1 is 1.18 bits per heavy atom. The zero-order valence-corrected chi connectivity index (χ0v) is 17.5. The quantitative estimate of drug-likeness (QED) is 0.186. The van der Waals surface area contributed by atoms with E-state index < -0.39 is 58.2 Å². The van der Waals surface area contributed by atoms with Gasteiger partial charge in [-0.3, -0.25) is 10.1 Å². The number of aromatic hydroxyl groups is 1. The van der Waals surface area contributed by atoms with Crippen LogP contribution in [0.1, 0.15) is 12.0 Å². The van der Waals surface area contributed by atoms with E-state index in [0.29, 0.717) is 23.5 Å². The molecule has 3 rings (SSSR count). The third-order valence-corrected chi connectivity index (χ3v) is 6.09. The van der Waals surface area contributed by atoms with E-state index in [2.05, 4.69) is 4.72 Å². The Morgan fingerprint density at radius 2 is 1.88 bits per heavy atom. The Hall–Kier alpha value is -2.94. The minimum atomic E-state index is -4.80. The van der Waals surface area contributed by atoms with E-state index in [4.69, 9.17) is 4.74 Å². The molecule has 0 saturated heterocycles. The average Bonchev–Trinajstić information content (AvgIpc) is 3.07. The lowest BCUT2D eigenvalue weighted by atomic mass is 10.0. The second-order valence-corrected chi connectivity index (χ2v) is 8.63. The number of allylic oxidation sites excluding steroid dienone is 2. The summed E-state index contributed by atoms with van der Waals surface area (Å²) >= 11 is 1.39. The van der Waals surface area contributed by atoms with Gasteiger partial charge in [-0.25, -0.2) is 4.39 Å². The van der Waals surface area contributed by atoms with Crippen molar-refractivity contribution in [1.29, 1.82) is 0 Å². The number of thiophene rings is 1. The van der Waals surface area contributed by atoms with Gasteiger partial charge in [0.2, 0.25) is 0 Å². The van der Waals surface area contributed by atoms with Crippen molar-refractivity contribution >= 4 is 34.7 Å². The molecule has 1 heterocycles. The molecule has 2 aromatic rings. The first-order valence-corrected chi connectivity index (χ1v) is 10.3. The lowest BCUT2D eigenvalue weighted by molar-refractivity contribution is -0.385. The molecule has 1 aromatic heterocycles. The van der Waals surface area contributed by atoms with E-state index in [1.54, 1.807) is 0 Å². The highest BCUT2D eigenvalue weighted by Crippen LogP contribution is 2.44. The molecule has 1 aromatic carbocycles. The zero-order chi connectivity index (χ0) is 24.6. The third kappa shape index (κ3) is 6.10. The number of phenolic OH excluding ortho intramolecular Hbond substituents is 1. The second-order valence-electron chi connectivity index (χ2n) is 6.51. The number of phenols is 1. The molecule has 0 fully saturated rings. The van der Waals surface area contributed by atoms with Gasteiger partial charge in [0, 0.05) is 29.8 Å². The van der Waals surface area contributed by atoms with Crippen LogP contribution in [0.4, 0.5) is 42.1 Å². The fraction of sp³-hybridized carbons (Fsp3) is 0.222. The topological polar surface area (TPSA) is 84.6 Å². The number of nitrogens with zero attached hydrogens (tertiary/aromatic N) is 1. The van der Waals surface area contributed by atoms with E-state index in [1.807, 2.05) is 0 Å². The highest BCUT2D eigenvalue weighted by Gasteiger charge is 2.38. The van der Waals surface area contributed by atoms with Gasteiger partial charge in [-0.1, -0.05) is 11.3 Å². The van der Waals surface area contributed by atoms with E-state index in [0.717, 1.165) is 36.2 Å². The summed E-state index contributed by atoms with van der Waals surface area (Å²) in [5.41, 5.74) is -2.98. The maximum Gasteiger partial charge on any atom is 0.419 e. The van der Waals surface area contributed by atoms with E-state index >= 15 is 0 Å². The summed E-state index contributed by atoms with van der Waals surface area (Å²) in [6.07, 6.45) is -10.7. The molecular weight excluding hydrogens is 505 g/mol. The van der Waals surface area contributed by atoms with Gasteiger partial charge in [-0.15, -0.1) is 0 Å². The highest BCUT2D eigenvalue weighted by atomic mass is 32.2. The number of nitrogens with one attached hydrogen (secondary N) is 1. The predicted octanol–water partition coefficient (Wildman–Crippen LogP) is 6.99. The standard InChI is InChI=1S/C18H11F7N2O4S2/c19-9-3-8(17(20,21)22)4-11(5-9)31-16-13(27(29)30)7-15(32-16)33-26-10-1-2-12(14(28)6-10)18(23,24)25/h1-3,5-7,11,26,28H,4H2. The maximum absolute atomic E-state index is 13.6. The smallest absolute Gasteiger partial charge is 0.419 e. The van der Waals surface area contributed by atoms with Crippen molar-refractivity contribution in [2.45, 2.75) is 29.1 Å². The minimum Gasteiger partial charge on any atom is -0.507 e. The van der Waals surface area contributed by atoms with Gasteiger partial charge in [0.05, 0.1) is 14.7 Å². The molecule has 15 heteroatoms. The van der Waals surface area contributed by atoms with E-state index in [1.165, 1.54) is 0 Å². The van der Waals surface area contributed by atoms with Crippen molar-refractivity contribution in [3.05, 3.63) is 63.5 Å². The van der Waals surface area contributed by atoms with E-state index in [-0.39, 0.29) is 15.0 Å². The van der Waals surface area contributed by atoms with Crippen LogP contribution >= 0.6 is 23.3 Å². The first kappa shape index (κ1) is 24.7. The number of hydrogen-bond donors (Lipinski definition) is 2. The van der Waals surface area contributed by atoms with Gasteiger partial charge in [-0.05, 0) is 36.2 Å². The van der Waals surface area contributed by atoms with Crippen molar-refractivity contribution in [1.82, 2.24) is 0 Å². The molecule has 178 valence electrons. The van der Waals surface area contributed by atoms with Crippen molar-refractivity contribution in [2.75, 3.05) is 4.72 Å². The molecule has 0 amide bonds. The summed E-state index contributed by atoms with van der Waals surface area (Å²) in [5, 5.41) is 20.5. The summed E-state index contributed by atoms with van der Waals surface area (Å²) in [6, 6.07) is 3.50. The monoisotopic (exact) mass is 516 g/mol. The van der Waals surface area contributed by atoms with Crippen molar-refractivity contribution < 1.29 is 45.5 Å². The number of ether oxygens (including phenoxy) is 1. The number of anilines is 1. The third-order valence-electron chi connectivity index (χ3n) is 4.13. The molecule has 0 saturated carbocycles. The Balaban J connectivity index is 1.75. The maximum atomic E-state index is 13.6. The number of rotatable bonds is 6. The lowest BCUT2D eigenvalue weighted by Gasteiger charge is -2.21. The fourth-order valence-corrected chi connectivity index (χ4v) is 4.48. The first-order valence-electron chi connectivity index (χ1n) is 8.67. The summed E-state index contributed by atoms with van der Waals surface area (Å²) < 4.78 is 98.4. The molecule has 1 aliphatic carbocycles. The van der Waals surface area contributed by atoms with Crippen LogP contribution < -0.4 is 9.46 Å². The van der Waals surface area contributed by atoms with Crippen LogP contribution in [0.3, 0.4) is 0 Å². The number of benzene rings is 1. The fourth-order valence-electron chi connectivity index (χ4n) is 2.69. The Kier molecular flexibility index (Phi) is 6.83. The largest absolute Gasteiger partial charge is 0.507 e. The second kappa shape index (κ2) is 9.13.